The van der Waals surface area contributed by atoms with Crippen LogP contribution in [-0.2, 0) is 0 Å². The summed E-state index contributed by atoms with van der Waals surface area (Å²) in [7, 11) is 0. The van der Waals surface area contributed by atoms with Gasteiger partial charge in [-0.3, -0.25) is 0 Å². The third-order valence-electron chi connectivity index (χ3n) is 1.93. The molecule has 1 N–H and O–H groups in total. The van der Waals surface area contributed by atoms with Crippen LogP contribution < -0.4 is 5.32 Å². The first-order chi connectivity index (χ1) is 6.63. The second-order valence-corrected chi connectivity index (χ2v) is 3.81. The molecule has 1 aromatic heterocycles. The maximum atomic E-state index is 5.77. The van der Waals surface area contributed by atoms with Gasteiger partial charge in [0.25, 0.3) is 0 Å². The highest BCUT2D eigenvalue weighted by Crippen LogP contribution is 2.17. The Balaban J connectivity index is 2.62. The van der Waals surface area contributed by atoms with E-state index in [1.54, 1.807) is 0 Å². The van der Waals surface area contributed by atoms with Gasteiger partial charge >= 0.3 is 0 Å². The van der Waals surface area contributed by atoms with E-state index in [0.29, 0.717) is 11.7 Å². The van der Waals surface area contributed by atoms with Gasteiger partial charge < -0.3 is 5.32 Å². The molecule has 0 bridgehead atoms. The van der Waals surface area contributed by atoms with Gasteiger partial charge in [-0.15, -0.1) is 10.2 Å². The summed E-state index contributed by atoms with van der Waals surface area (Å²) in [5.74, 6) is 1.05. The van der Waals surface area contributed by atoms with Crippen molar-refractivity contribution in [2.24, 2.45) is 5.92 Å². The molecule has 0 aliphatic heterocycles. The lowest BCUT2D eigenvalue weighted by molar-refractivity contribution is 0.592. The molecule has 0 fully saturated rings. The maximum absolute atomic E-state index is 5.77. The number of anilines is 1. The summed E-state index contributed by atoms with van der Waals surface area (Å²) in [6.45, 7) is 5.06. The van der Waals surface area contributed by atoms with E-state index in [9.17, 15) is 0 Å². The topological polar surface area (TPSA) is 50.7 Å². The summed E-state index contributed by atoms with van der Waals surface area (Å²) in [4.78, 5) is 3.93. The first kappa shape index (κ1) is 11.5. The highest BCUT2D eigenvalue weighted by atomic mass is 35.5. The summed E-state index contributed by atoms with van der Waals surface area (Å²) < 4.78 is 0. The van der Waals surface area contributed by atoms with Gasteiger partial charge in [-0.1, -0.05) is 31.9 Å². The molecule has 0 aromatic carbocycles. The van der Waals surface area contributed by atoms with Crippen molar-refractivity contribution in [3.63, 3.8) is 0 Å². The molecule has 0 amide bonds. The molecule has 0 radical (unpaired) electrons. The molecular formula is C8H12Cl2N4. The molecule has 0 saturated heterocycles. The van der Waals surface area contributed by atoms with Gasteiger partial charge in [-0.2, -0.15) is 4.98 Å². The van der Waals surface area contributed by atoms with E-state index >= 15 is 0 Å². The molecular weight excluding hydrogens is 223 g/mol. The highest BCUT2D eigenvalue weighted by molar-refractivity contribution is 6.32. The van der Waals surface area contributed by atoms with Crippen molar-refractivity contribution in [2.75, 3.05) is 11.9 Å². The molecule has 14 heavy (non-hydrogen) atoms. The van der Waals surface area contributed by atoms with Gasteiger partial charge in [0, 0.05) is 6.54 Å². The molecule has 1 atom stereocenters. The minimum absolute atomic E-state index is 0.0982. The van der Waals surface area contributed by atoms with Crippen LogP contribution in [-0.4, -0.2) is 21.7 Å². The first-order valence-electron chi connectivity index (χ1n) is 4.43. The van der Waals surface area contributed by atoms with Crippen molar-refractivity contribution in [3.8, 4) is 0 Å². The van der Waals surface area contributed by atoms with E-state index in [2.05, 4.69) is 34.3 Å². The molecule has 1 heterocycles. The van der Waals surface area contributed by atoms with E-state index in [1.165, 1.54) is 0 Å². The van der Waals surface area contributed by atoms with Gasteiger partial charge in [-0.25, -0.2) is 0 Å². The summed E-state index contributed by atoms with van der Waals surface area (Å²) >= 11 is 11.3. The van der Waals surface area contributed by atoms with Crippen LogP contribution in [0.3, 0.4) is 0 Å². The zero-order chi connectivity index (χ0) is 10.6. The second kappa shape index (κ2) is 5.32. The van der Waals surface area contributed by atoms with E-state index in [4.69, 9.17) is 23.2 Å². The molecule has 78 valence electrons. The Bertz CT molecular complexity index is 305. The van der Waals surface area contributed by atoms with Crippen LogP contribution in [0.5, 0.6) is 0 Å². The van der Waals surface area contributed by atoms with Gasteiger partial charge in [0.15, 0.2) is 11.0 Å². The molecule has 0 spiro atoms. The van der Waals surface area contributed by atoms with E-state index < -0.39 is 0 Å². The number of aromatic nitrogens is 3. The molecule has 6 heteroatoms. The fraction of sp³-hybridized carbons (Fsp3) is 0.625. The third-order valence-corrected chi connectivity index (χ3v) is 2.35. The predicted octanol–water partition coefficient (Wildman–Crippen LogP) is 2.64. The lowest BCUT2D eigenvalue weighted by atomic mass is 10.1. The quantitative estimate of drug-likeness (QED) is 0.871. The van der Waals surface area contributed by atoms with E-state index in [1.807, 2.05) is 0 Å². The van der Waals surface area contributed by atoms with Crippen molar-refractivity contribution in [1.82, 2.24) is 15.2 Å². The molecule has 1 aromatic rings. The fourth-order valence-electron chi connectivity index (χ4n) is 0.821. The number of hydrogen-bond donors (Lipinski definition) is 1. The van der Waals surface area contributed by atoms with Crippen molar-refractivity contribution < 1.29 is 0 Å². The van der Waals surface area contributed by atoms with Crippen LogP contribution in [0.4, 0.5) is 5.82 Å². The zero-order valence-corrected chi connectivity index (χ0v) is 9.60. The summed E-state index contributed by atoms with van der Waals surface area (Å²) in [5, 5.41) is 10.6. The minimum atomic E-state index is 0.0982. The summed E-state index contributed by atoms with van der Waals surface area (Å²) in [6.07, 6.45) is 1.09. The summed E-state index contributed by atoms with van der Waals surface area (Å²) in [5.41, 5.74) is 0. The number of hydrogen-bond acceptors (Lipinski definition) is 4. The largest absolute Gasteiger partial charge is 0.367 e. The Morgan fingerprint density at radius 1 is 1.36 bits per heavy atom. The Kier molecular flexibility index (Phi) is 4.35. The van der Waals surface area contributed by atoms with Crippen LogP contribution in [0.25, 0.3) is 0 Å². The number of rotatable bonds is 4. The predicted molar refractivity (Wildman–Crippen MR) is 57.8 cm³/mol. The van der Waals surface area contributed by atoms with Gasteiger partial charge in [0.05, 0.1) is 0 Å². The highest BCUT2D eigenvalue weighted by Gasteiger charge is 2.06. The standard InChI is InChI=1S/C8H12Cl2N4/c1-3-5(2)4-11-7-6(9)13-14-8(10)12-7/h5H,3-4H2,1-2H3,(H,11,12,14). The monoisotopic (exact) mass is 234 g/mol. The second-order valence-electron chi connectivity index (χ2n) is 3.11. The number of nitrogens with zero attached hydrogens (tertiary/aromatic N) is 3. The van der Waals surface area contributed by atoms with Crippen LogP contribution in [0, 0.1) is 5.92 Å². The molecule has 0 aliphatic carbocycles. The Labute approximate surface area is 93.0 Å². The van der Waals surface area contributed by atoms with E-state index in [-0.39, 0.29) is 10.4 Å². The van der Waals surface area contributed by atoms with Gasteiger partial charge in [0.2, 0.25) is 5.28 Å². The van der Waals surface area contributed by atoms with Crippen molar-refractivity contribution in [2.45, 2.75) is 20.3 Å². The molecule has 0 saturated carbocycles. The smallest absolute Gasteiger partial charge is 0.245 e. The minimum Gasteiger partial charge on any atom is -0.367 e. The lowest BCUT2D eigenvalue weighted by Gasteiger charge is -2.10. The number of halogens is 2. The molecule has 4 nitrogen and oxygen atoms in total. The zero-order valence-electron chi connectivity index (χ0n) is 8.09. The normalized spacial score (nSPS) is 12.6. The van der Waals surface area contributed by atoms with Crippen molar-refractivity contribution in [1.29, 1.82) is 0 Å². The Hall–Kier alpha value is -0.610. The first-order valence-corrected chi connectivity index (χ1v) is 5.18. The molecule has 1 unspecified atom stereocenters. The fourth-order valence-corrected chi connectivity index (χ4v) is 1.09. The Morgan fingerprint density at radius 2 is 2.07 bits per heavy atom. The SMILES string of the molecule is CCC(C)CNc1nc(Cl)nnc1Cl. The van der Waals surface area contributed by atoms with Crippen LogP contribution in [0.15, 0.2) is 0 Å². The maximum Gasteiger partial charge on any atom is 0.245 e. The lowest BCUT2D eigenvalue weighted by Crippen LogP contribution is -2.12. The third kappa shape index (κ3) is 3.27. The summed E-state index contributed by atoms with van der Waals surface area (Å²) in [6, 6.07) is 0. The van der Waals surface area contributed by atoms with Gasteiger partial charge in [0.1, 0.15) is 0 Å². The average Bonchev–Trinajstić information content (AvgIpc) is 2.19. The van der Waals surface area contributed by atoms with E-state index in [0.717, 1.165) is 13.0 Å². The van der Waals surface area contributed by atoms with Crippen LogP contribution in [0.2, 0.25) is 10.4 Å². The van der Waals surface area contributed by atoms with Crippen molar-refractivity contribution >= 4 is 29.0 Å². The average molecular weight is 235 g/mol. The number of nitrogens with one attached hydrogen (secondary N) is 1. The molecule has 1 rings (SSSR count). The van der Waals surface area contributed by atoms with Crippen LogP contribution in [0.1, 0.15) is 20.3 Å². The Morgan fingerprint density at radius 3 is 2.71 bits per heavy atom. The molecule has 0 aliphatic rings. The van der Waals surface area contributed by atoms with Crippen LogP contribution >= 0.6 is 23.2 Å². The van der Waals surface area contributed by atoms with Crippen molar-refractivity contribution in [3.05, 3.63) is 10.4 Å². The van der Waals surface area contributed by atoms with Gasteiger partial charge in [-0.05, 0) is 17.5 Å².